The normalized spacial score (nSPS) is 13.1. The Labute approximate surface area is 131 Å². The first-order chi connectivity index (χ1) is 10.4. The SMILES string of the molecule is CCC(NC(=O)[C@H](C)N)c1ccccc1OCC(=O)N(C)C. The van der Waals surface area contributed by atoms with Crippen molar-refractivity contribution in [3.05, 3.63) is 29.8 Å². The molecule has 0 radical (unpaired) electrons. The molecule has 0 fully saturated rings. The van der Waals surface area contributed by atoms with Gasteiger partial charge in [-0.25, -0.2) is 0 Å². The molecule has 0 aliphatic carbocycles. The number of hydrogen-bond donors (Lipinski definition) is 2. The van der Waals surface area contributed by atoms with Crippen LogP contribution in [0, 0.1) is 0 Å². The van der Waals surface area contributed by atoms with Gasteiger partial charge in [0.25, 0.3) is 5.91 Å². The molecule has 2 amide bonds. The third kappa shape index (κ3) is 5.04. The Morgan fingerprint density at radius 3 is 2.50 bits per heavy atom. The van der Waals surface area contributed by atoms with E-state index in [0.717, 1.165) is 5.56 Å². The molecule has 122 valence electrons. The molecule has 0 aliphatic heterocycles. The van der Waals surface area contributed by atoms with Crippen LogP contribution in [0.2, 0.25) is 0 Å². The summed E-state index contributed by atoms with van der Waals surface area (Å²) < 4.78 is 5.61. The summed E-state index contributed by atoms with van der Waals surface area (Å²) in [4.78, 5) is 24.9. The number of nitrogens with two attached hydrogens (primary N) is 1. The molecule has 1 aromatic rings. The first-order valence-corrected chi connectivity index (χ1v) is 7.34. The van der Waals surface area contributed by atoms with Gasteiger partial charge < -0.3 is 20.7 Å². The van der Waals surface area contributed by atoms with E-state index < -0.39 is 6.04 Å². The van der Waals surface area contributed by atoms with Crippen LogP contribution < -0.4 is 15.8 Å². The summed E-state index contributed by atoms with van der Waals surface area (Å²) in [5, 5.41) is 2.89. The standard InChI is InChI=1S/C16H25N3O3/c1-5-13(18-16(21)11(2)17)12-8-6-7-9-14(12)22-10-15(20)19(3)4/h6-9,11,13H,5,10,17H2,1-4H3,(H,18,21)/t11-,13?/m0/s1. The molecule has 0 aliphatic rings. The molecule has 2 atom stereocenters. The van der Waals surface area contributed by atoms with Crippen LogP contribution in [-0.2, 0) is 9.59 Å². The van der Waals surface area contributed by atoms with Crippen molar-refractivity contribution in [3.63, 3.8) is 0 Å². The molecule has 6 heteroatoms. The van der Waals surface area contributed by atoms with Crippen molar-refractivity contribution in [2.24, 2.45) is 5.73 Å². The zero-order valence-corrected chi connectivity index (χ0v) is 13.6. The Kier molecular flexibility index (Phi) is 6.85. The van der Waals surface area contributed by atoms with Crippen molar-refractivity contribution in [2.45, 2.75) is 32.4 Å². The number of para-hydroxylation sites is 1. The largest absolute Gasteiger partial charge is 0.483 e. The van der Waals surface area contributed by atoms with E-state index in [4.69, 9.17) is 10.5 Å². The van der Waals surface area contributed by atoms with E-state index >= 15 is 0 Å². The Morgan fingerprint density at radius 1 is 1.32 bits per heavy atom. The van der Waals surface area contributed by atoms with Crippen molar-refractivity contribution in [1.29, 1.82) is 0 Å². The fourth-order valence-corrected chi connectivity index (χ4v) is 1.87. The van der Waals surface area contributed by atoms with Crippen LogP contribution in [0.15, 0.2) is 24.3 Å². The fraction of sp³-hybridized carbons (Fsp3) is 0.500. The summed E-state index contributed by atoms with van der Waals surface area (Å²) in [6.07, 6.45) is 0.695. The molecule has 1 unspecified atom stereocenters. The molecule has 0 spiro atoms. The average molecular weight is 307 g/mol. The minimum absolute atomic E-state index is 0.0400. The summed E-state index contributed by atoms with van der Waals surface area (Å²) >= 11 is 0. The van der Waals surface area contributed by atoms with E-state index in [1.54, 1.807) is 27.1 Å². The highest BCUT2D eigenvalue weighted by molar-refractivity contribution is 5.81. The molecule has 0 saturated heterocycles. The molecule has 22 heavy (non-hydrogen) atoms. The minimum Gasteiger partial charge on any atom is -0.483 e. The van der Waals surface area contributed by atoms with Crippen LogP contribution in [0.3, 0.4) is 0 Å². The number of ether oxygens (including phenoxy) is 1. The van der Waals surface area contributed by atoms with Crippen molar-refractivity contribution in [2.75, 3.05) is 20.7 Å². The predicted octanol–water partition coefficient (Wildman–Crippen LogP) is 1.07. The highest BCUT2D eigenvalue weighted by atomic mass is 16.5. The Balaban J connectivity index is 2.88. The lowest BCUT2D eigenvalue weighted by atomic mass is 10.0. The molecule has 1 rings (SSSR count). The third-order valence-electron chi connectivity index (χ3n) is 3.28. The van der Waals surface area contributed by atoms with E-state index in [0.29, 0.717) is 12.2 Å². The fourth-order valence-electron chi connectivity index (χ4n) is 1.87. The number of nitrogens with zero attached hydrogens (tertiary/aromatic N) is 1. The zero-order chi connectivity index (χ0) is 16.7. The molecular formula is C16H25N3O3. The van der Waals surface area contributed by atoms with Crippen LogP contribution in [0.1, 0.15) is 31.9 Å². The second-order valence-electron chi connectivity index (χ2n) is 5.37. The summed E-state index contributed by atoms with van der Waals surface area (Å²) in [5.74, 6) is 0.253. The van der Waals surface area contributed by atoms with Gasteiger partial charge in [-0.15, -0.1) is 0 Å². The molecule has 0 heterocycles. The number of hydrogen-bond acceptors (Lipinski definition) is 4. The number of carbonyl (C=O) groups excluding carboxylic acids is 2. The number of nitrogens with one attached hydrogen (secondary N) is 1. The molecule has 0 bridgehead atoms. The highest BCUT2D eigenvalue weighted by Gasteiger charge is 2.19. The number of amides is 2. The highest BCUT2D eigenvalue weighted by Crippen LogP contribution is 2.27. The zero-order valence-electron chi connectivity index (χ0n) is 13.6. The summed E-state index contributed by atoms with van der Waals surface area (Å²) in [5.41, 5.74) is 6.43. The monoisotopic (exact) mass is 307 g/mol. The van der Waals surface area contributed by atoms with Crippen molar-refractivity contribution in [3.8, 4) is 5.75 Å². The van der Waals surface area contributed by atoms with Gasteiger partial charge in [0, 0.05) is 19.7 Å². The lowest BCUT2D eigenvalue weighted by molar-refractivity contribution is -0.130. The van der Waals surface area contributed by atoms with Crippen molar-refractivity contribution in [1.82, 2.24) is 10.2 Å². The summed E-state index contributed by atoms with van der Waals surface area (Å²) in [6, 6.07) is 6.60. The second kappa shape index (κ2) is 8.38. The lowest BCUT2D eigenvalue weighted by Gasteiger charge is -2.22. The maximum atomic E-state index is 11.8. The van der Waals surface area contributed by atoms with Gasteiger partial charge in [-0.05, 0) is 19.4 Å². The van der Waals surface area contributed by atoms with Crippen LogP contribution in [0.4, 0.5) is 0 Å². The quantitative estimate of drug-likeness (QED) is 0.789. The van der Waals surface area contributed by atoms with Gasteiger partial charge in [-0.2, -0.15) is 0 Å². The van der Waals surface area contributed by atoms with Gasteiger partial charge in [-0.1, -0.05) is 25.1 Å². The molecule has 0 aromatic heterocycles. The van der Waals surface area contributed by atoms with Gasteiger partial charge >= 0.3 is 0 Å². The molecule has 1 aromatic carbocycles. The number of likely N-dealkylation sites (N-methyl/N-ethyl adjacent to an activating group) is 1. The lowest BCUT2D eigenvalue weighted by Crippen LogP contribution is -2.40. The average Bonchev–Trinajstić information content (AvgIpc) is 2.50. The van der Waals surface area contributed by atoms with Gasteiger partial charge in [0.2, 0.25) is 5.91 Å². The Bertz CT molecular complexity index is 515. The minimum atomic E-state index is -0.572. The van der Waals surface area contributed by atoms with E-state index in [9.17, 15) is 9.59 Å². The van der Waals surface area contributed by atoms with E-state index in [-0.39, 0.29) is 24.5 Å². The smallest absolute Gasteiger partial charge is 0.259 e. The van der Waals surface area contributed by atoms with Crippen molar-refractivity contribution >= 4 is 11.8 Å². The first-order valence-electron chi connectivity index (χ1n) is 7.34. The van der Waals surface area contributed by atoms with E-state index in [1.807, 2.05) is 25.1 Å². The number of benzene rings is 1. The van der Waals surface area contributed by atoms with Crippen LogP contribution in [0.5, 0.6) is 5.75 Å². The number of rotatable bonds is 7. The molecule has 6 nitrogen and oxygen atoms in total. The summed E-state index contributed by atoms with van der Waals surface area (Å²) in [6.45, 7) is 3.57. The van der Waals surface area contributed by atoms with E-state index in [1.165, 1.54) is 4.90 Å². The van der Waals surface area contributed by atoms with Crippen molar-refractivity contribution < 1.29 is 14.3 Å². The van der Waals surface area contributed by atoms with Gasteiger partial charge in [0.15, 0.2) is 6.61 Å². The maximum Gasteiger partial charge on any atom is 0.259 e. The molecular weight excluding hydrogens is 282 g/mol. The topological polar surface area (TPSA) is 84.7 Å². The van der Waals surface area contributed by atoms with Gasteiger partial charge in [0.05, 0.1) is 12.1 Å². The van der Waals surface area contributed by atoms with Gasteiger partial charge in [0.1, 0.15) is 5.75 Å². The van der Waals surface area contributed by atoms with Crippen LogP contribution in [0.25, 0.3) is 0 Å². The predicted molar refractivity (Wildman–Crippen MR) is 85.5 cm³/mol. The Hall–Kier alpha value is -2.08. The second-order valence-corrected chi connectivity index (χ2v) is 5.37. The van der Waals surface area contributed by atoms with Crippen LogP contribution in [-0.4, -0.2) is 43.5 Å². The molecule has 3 N–H and O–H groups in total. The molecule has 0 saturated carbocycles. The summed E-state index contributed by atoms with van der Waals surface area (Å²) in [7, 11) is 3.35. The van der Waals surface area contributed by atoms with Gasteiger partial charge in [-0.3, -0.25) is 9.59 Å². The Morgan fingerprint density at radius 2 is 1.95 bits per heavy atom. The number of carbonyl (C=O) groups is 2. The van der Waals surface area contributed by atoms with E-state index in [2.05, 4.69) is 5.32 Å². The van der Waals surface area contributed by atoms with Crippen LogP contribution >= 0.6 is 0 Å². The first kappa shape index (κ1) is 18.0. The maximum absolute atomic E-state index is 11.8. The third-order valence-corrected chi connectivity index (χ3v) is 3.28.